The van der Waals surface area contributed by atoms with Gasteiger partial charge < -0.3 is 5.73 Å². The first-order valence-corrected chi connectivity index (χ1v) is 6.74. The average molecular weight is 254 g/mol. The minimum Gasteiger partial charge on any atom is -0.397 e. The van der Waals surface area contributed by atoms with Crippen LogP contribution in [0.15, 0.2) is 35.8 Å². The zero-order chi connectivity index (χ0) is 12.7. The number of aryl methyl sites for hydroxylation is 2. The summed E-state index contributed by atoms with van der Waals surface area (Å²) in [6, 6.07) is 8.55. The number of aromatic nitrogens is 1. The van der Waals surface area contributed by atoms with E-state index in [0.717, 1.165) is 15.9 Å². The van der Waals surface area contributed by atoms with Gasteiger partial charge >= 0.3 is 0 Å². The fraction of sp³-hybridized carbons (Fsp3) is 0.133. The number of benzene rings is 1. The fourth-order valence-electron chi connectivity index (χ4n) is 2.14. The average Bonchev–Trinajstić information content (AvgIpc) is 2.75. The van der Waals surface area contributed by atoms with Crippen molar-refractivity contribution >= 4 is 27.2 Å². The molecule has 90 valence electrons. The van der Waals surface area contributed by atoms with Crippen LogP contribution in [0.5, 0.6) is 0 Å². The number of pyridine rings is 1. The Bertz CT molecular complexity index is 728. The van der Waals surface area contributed by atoms with E-state index in [1.54, 1.807) is 11.3 Å². The summed E-state index contributed by atoms with van der Waals surface area (Å²) in [5.74, 6) is 0. The largest absolute Gasteiger partial charge is 0.397 e. The first-order chi connectivity index (χ1) is 8.66. The van der Waals surface area contributed by atoms with Crippen molar-refractivity contribution in [3.63, 3.8) is 0 Å². The maximum absolute atomic E-state index is 6.05. The molecule has 0 amide bonds. The van der Waals surface area contributed by atoms with Crippen molar-refractivity contribution in [1.82, 2.24) is 4.98 Å². The Morgan fingerprint density at radius 1 is 1.11 bits per heavy atom. The van der Waals surface area contributed by atoms with E-state index in [1.165, 1.54) is 22.3 Å². The van der Waals surface area contributed by atoms with Crippen LogP contribution in [0.25, 0.3) is 21.3 Å². The number of anilines is 1. The summed E-state index contributed by atoms with van der Waals surface area (Å²) < 4.78 is 0. The van der Waals surface area contributed by atoms with Crippen LogP contribution in [-0.2, 0) is 0 Å². The molecule has 0 radical (unpaired) electrons. The second-order valence-electron chi connectivity index (χ2n) is 4.53. The standard InChI is InChI=1S/C15H14N2S/c1-9-3-4-11(7-10(9)2)12-5-6-17-15-14(12)13(16)8-18-15/h3-8H,16H2,1-2H3. The molecule has 0 fully saturated rings. The summed E-state index contributed by atoms with van der Waals surface area (Å²) in [5.41, 5.74) is 11.8. The predicted molar refractivity (Wildman–Crippen MR) is 78.9 cm³/mol. The second kappa shape index (κ2) is 4.10. The van der Waals surface area contributed by atoms with Crippen molar-refractivity contribution in [3.05, 3.63) is 47.0 Å². The number of nitrogens with two attached hydrogens (primary N) is 1. The molecule has 18 heavy (non-hydrogen) atoms. The van der Waals surface area contributed by atoms with Crippen LogP contribution in [0.1, 0.15) is 11.1 Å². The molecule has 0 saturated carbocycles. The molecule has 3 heteroatoms. The number of rotatable bonds is 1. The molecular formula is C15H14N2S. The lowest BCUT2D eigenvalue weighted by atomic mass is 9.99. The van der Waals surface area contributed by atoms with Crippen LogP contribution >= 0.6 is 11.3 Å². The normalized spacial score (nSPS) is 11.0. The van der Waals surface area contributed by atoms with Crippen molar-refractivity contribution in [2.24, 2.45) is 0 Å². The van der Waals surface area contributed by atoms with E-state index in [1.807, 2.05) is 17.6 Å². The van der Waals surface area contributed by atoms with E-state index in [2.05, 4.69) is 37.0 Å². The second-order valence-corrected chi connectivity index (χ2v) is 5.39. The quantitative estimate of drug-likeness (QED) is 0.708. The highest BCUT2D eigenvalue weighted by Crippen LogP contribution is 2.35. The maximum Gasteiger partial charge on any atom is 0.125 e. The topological polar surface area (TPSA) is 38.9 Å². The lowest BCUT2D eigenvalue weighted by molar-refractivity contribution is 1.34. The highest BCUT2D eigenvalue weighted by atomic mass is 32.1. The molecule has 2 N–H and O–H groups in total. The lowest BCUT2D eigenvalue weighted by Crippen LogP contribution is -1.88. The minimum atomic E-state index is 0.816. The van der Waals surface area contributed by atoms with Crippen molar-refractivity contribution in [2.45, 2.75) is 13.8 Å². The molecule has 0 saturated heterocycles. The lowest BCUT2D eigenvalue weighted by Gasteiger charge is -2.07. The van der Waals surface area contributed by atoms with Gasteiger partial charge in [-0.15, -0.1) is 11.3 Å². The Hall–Kier alpha value is -1.87. The molecule has 2 nitrogen and oxygen atoms in total. The molecule has 0 spiro atoms. The molecule has 3 rings (SSSR count). The van der Waals surface area contributed by atoms with Gasteiger partial charge in [0.15, 0.2) is 0 Å². The predicted octanol–water partition coefficient (Wildman–Crippen LogP) is 4.16. The SMILES string of the molecule is Cc1ccc(-c2ccnc3scc(N)c23)cc1C. The molecular weight excluding hydrogens is 240 g/mol. The highest BCUT2D eigenvalue weighted by molar-refractivity contribution is 7.17. The number of hydrogen-bond acceptors (Lipinski definition) is 3. The zero-order valence-electron chi connectivity index (χ0n) is 10.4. The van der Waals surface area contributed by atoms with Crippen LogP contribution in [-0.4, -0.2) is 4.98 Å². The van der Waals surface area contributed by atoms with Crippen LogP contribution in [0.2, 0.25) is 0 Å². The van der Waals surface area contributed by atoms with Crippen LogP contribution < -0.4 is 5.73 Å². The number of nitrogens with zero attached hydrogens (tertiary/aromatic N) is 1. The summed E-state index contributed by atoms with van der Waals surface area (Å²) >= 11 is 1.59. The first-order valence-electron chi connectivity index (χ1n) is 5.86. The summed E-state index contributed by atoms with van der Waals surface area (Å²) in [4.78, 5) is 5.37. The van der Waals surface area contributed by atoms with E-state index in [-0.39, 0.29) is 0 Å². The van der Waals surface area contributed by atoms with Gasteiger partial charge in [0, 0.05) is 17.0 Å². The van der Waals surface area contributed by atoms with Crippen LogP contribution in [0, 0.1) is 13.8 Å². The molecule has 2 aromatic heterocycles. The molecule has 1 aromatic carbocycles. The third-order valence-electron chi connectivity index (χ3n) is 3.32. The van der Waals surface area contributed by atoms with Crippen molar-refractivity contribution in [1.29, 1.82) is 0 Å². The maximum atomic E-state index is 6.05. The number of nitrogen functional groups attached to an aromatic ring is 1. The van der Waals surface area contributed by atoms with Crippen molar-refractivity contribution in [3.8, 4) is 11.1 Å². The Morgan fingerprint density at radius 2 is 1.94 bits per heavy atom. The third kappa shape index (κ3) is 1.68. The number of fused-ring (bicyclic) bond motifs is 1. The van der Waals surface area contributed by atoms with Gasteiger partial charge in [0.05, 0.1) is 5.69 Å². The molecule has 0 unspecified atom stereocenters. The Labute approximate surface area is 110 Å². The van der Waals surface area contributed by atoms with Gasteiger partial charge in [-0.25, -0.2) is 4.98 Å². The van der Waals surface area contributed by atoms with Crippen LogP contribution in [0.4, 0.5) is 5.69 Å². The summed E-state index contributed by atoms with van der Waals surface area (Å²) in [5, 5.41) is 3.04. The van der Waals surface area contributed by atoms with Crippen LogP contribution in [0.3, 0.4) is 0 Å². The zero-order valence-corrected chi connectivity index (χ0v) is 11.2. The summed E-state index contributed by atoms with van der Waals surface area (Å²) in [6.45, 7) is 4.26. The molecule has 0 aliphatic heterocycles. The molecule has 0 atom stereocenters. The summed E-state index contributed by atoms with van der Waals surface area (Å²) in [7, 11) is 0. The van der Waals surface area contributed by atoms with E-state index >= 15 is 0 Å². The van der Waals surface area contributed by atoms with Gasteiger partial charge in [0.2, 0.25) is 0 Å². The Kier molecular flexibility index (Phi) is 2.56. The third-order valence-corrected chi connectivity index (χ3v) is 4.22. The van der Waals surface area contributed by atoms with Crippen molar-refractivity contribution < 1.29 is 0 Å². The number of hydrogen-bond donors (Lipinski definition) is 1. The Morgan fingerprint density at radius 3 is 2.72 bits per heavy atom. The smallest absolute Gasteiger partial charge is 0.125 e. The van der Waals surface area contributed by atoms with Gasteiger partial charge in [-0.2, -0.15) is 0 Å². The van der Waals surface area contributed by atoms with E-state index in [4.69, 9.17) is 5.73 Å². The summed E-state index contributed by atoms with van der Waals surface area (Å²) in [6.07, 6.45) is 1.85. The van der Waals surface area contributed by atoms with Crippen molar-refractivity contribution in [2.75, 3.05) is 5.73 Å². The first kappa shape index (κ1) is 11.2. The highest BCUT2D eigenvalue weighted by Gasteiger charge is 2.09. The van der Waals surface area contributed by atoms with Gasteiger partial charge in [-0.1, -0.05) is 18.2 Å². The molecule has 0 bridgehead atoms. The minimum absolute atomic E-state index is 0.816. The molecule has 3 aromatic rings. The Balaban J connectivity index is 2.30. The van der Waals surface area contributed by atoms with E-state index in [0.29, 0.717) is 0 Å². The molecule has 0 aliphatic rings. The fourth-order valence-corrected chi connectivity index (χ4v) is 2.96. The molecule has 0 aliphatic carbocycles. The van der Waals surface area contributed by atoms with E-state index in [9.17, 15) is 0 Å². The van der Waals surface area contributed by atoms with Gasteiger partial charge in [0.1, 0.15) is 4.83 Å². The van der Waals surface area contributed by atoms with Gasteiger partial charge in [-0.05, 0) is 42.2 Å². The van der Waals surface area contributed by atoms with E-state index < -0.39 is 0 Å². The van der Waals surface area contributed by atoms with Gasteiger partial charge in [-0.3, -0.25) is 0 Å². The molecule has 2 heterocycles. The number of thiophene rings is 1. The monoisotopic (exact) mass is 254 g/mol. The van der Waals surface area contributed by atoms with Gasteiger partial charge in [0.25, 0.3) is 0 Å².